The summed E-state index contributed by atoms with van der Waals surface area (Å²) in [4.78, 5) is 9.86. The number of para-hydroxylation sites is 2. The molecule has 9 aromatic carbocycles. The van der Waals surface area contributed by atoms with Gasteiger partial charge in [0, 0.05) is 21.1 Å². The molecule has 8 heteroatoms. The van der Waals surface area contributed by atoms with Crippen LogP contribution in [0, 0.1) is 18.8 Å². The minimum Gasteiger partial charge on any atom is -0.0561 e. The molecule has 0 fully saturated rings. The van der Waals surface area contributed by atoms with Crippen LogP contribution in [0.25, 0.3) is 49.9 Å². The first-order chi connectivity index (χ1) is 40.4. The maximum absolute atomic E-state index is 7.35. The van der Waals surface area contributed by atoms with E-state index in [0.717, 1.165) is 39.6 Å². The third-order valence-electron chi connectivity index (χ3n) is 18.6. The Hall–Kier alpha value is -7.22. The van der Waals surface area contributed by atoms with Crippen LogP contribution in [0.5, 0.6) is 11.5 Å². The summed E-state index contributed by atoms with van der Waals surface area (Å²) >= 11 is -3.78. The molecule has 3 aliphatic heterocycles. The van der Waals surface area contributed by atoms with Gasteiger partial charge in [0.05, 0.1) is 0 Å². The Balaban J connectivity index is 0.00000686. The molecule has 1 spiro atoms. The fraction of sp³-hybridized carbons (Fsp3) is 0.231. The fourth-order valence-corrected chi connectivity index (χ4v) is 33.9. The first-order valence-electron chi connectivity index (χ1n) is 30.3. The van der Waals surface area contributed by atoms with E-state index in [2.05, 4.69) is 311 Å². The van der Waals surface area contributed by atoms with Crippen molar-refractivity contribution in [1.29, 1.82) is 0 Å². The molecule has 0 radical (unpaired) electrons. The molecule has 11 aromatic rings. The van der Waals surface area contributed by atoms with Gasteiger partial charge in [-0.1, -0.05) is 111 Å². The van der Waals surface area contributed by atoms with Crippen LogP contribution in [0.1, 0.15) is 105 Å². The summed E-state index contributed by atoms with van der Waals surface area (Å²) in [6.45, 7) is 35.2. The molecule has 0 saturated carbocycles. The van der Waals surface area contributed by atoms with E-state index in [1.807, 2.05) is 12.3 Å². The van der Waals surface area contributed by atoms with Crippen molar-refractivity contribution in [3.63, 3.8) is 0 Å². The summed E-state index contributed by atoms with van der Waals surface area (Å²) in [6, 6.07) is 78.9. The van der Waals surface area contributed by atoms with E-state index in [4.69, 9.17) is 9.72 Å². The summed E-state index contributed by atoms with van der Waals surface area (Å²) in [6.07, 6.45) is 1.97. The number of hydrogen-bond acceptors (Lipinski definition) is 4. The standard InChI is InChI=1S/C78H75GeN4OSi.Pt/c1-75(2,3)52-38-39-80-71(45-52)83-67-35-25-32-63-72(67)73-64(79(63)61-30-18-22-36-69(61)85(13,14)70-37-23-19-31-62(70)79)47-58(48-68(73)83)84-57-29-24-28-56(46-57)81-49-82(66-34-21-20-33-65(66)81)74-59(50-26-16-15-17-27-50)43-55(78(10,11)12)44-60(74)51-40-53(76(4,5)6)42-54(41-51)77(7,8)9;/h15-45,47,49H,1-14H3;/q-3;. The summed E-state index contributed by atoms with van der Waals surface area (Å²) in [7, 11) is -2.10. The second-order valence-electron chi connectivity index (χ2n) is 28.6. The molecule has 3 aliphatic rings. The Morgan fingerprint density at radius 2 is 1.01 bits per heavy atom. The van der Waals surface area contributed by atoms with E-state index in [-0.39, 0.29) is 42.7 Å². The molecule has 5 heterocycles. The van der Waals surface area contributed by atoms with Crippen molar-refractivity contribution >= 4 is 93.9 Å². The van der Waals surface area contributed by atoms with Crippen molar-refractivity contribution in [2.45, 2.75) is 118 Å². The molecule has 5 nitrogen and oxygen atoms in total. The summed E-state index contributed by atoms with van der Waals surface area (Å²) in [5.41, 5.74) is 15.9. The molecular formula is C78H75GeN4OPtSi-3. The van der Waals surface area contributed by atoms with Gasteiger partial charge >= 0.3 is 344 Å². The number of hydrogen-bond donors (Lipinski definition) is 0. The first kappa shape index (κ1) is 57.8. The third-order valence-corrected chi connectivity index (χ3v) is 33.5. The van der Waals surface area contributed by atoms with E-state index >= 15 is 0 Å². The van der Waals surface area contributed by atoms with Crippen LogP contribution < -0.4 is 42.5 Å². The molecule has 0 unspecified atom stereocenters. The predicted molar refractivity (Wildman–Crippen MR) is 364 cm³/mol. The Bertz CT molecular complexity index is 4450. The van der Waals surface area contributed by atoms with Gasteiger partial charge in [0.1, 0.15) is 0 Å². The average Bonchev–Trinajstić information content (AvgIpc) is 1.45. The van der Waals surface area contributed by atoms with Gasteiger partial charge in [0.15, 0.2) is 0 Å². The normalized spacial score (nSPS) is 14.9. The van der Waals surface area contributed by atoms with Crippen molar-refractivity contribution in [1.82, 2.24) is 9.55 Å². The topological polar surface area (TPSA) is 33.5 Å². The molecule has 0 saturated heterocycles. The number of benzene rings is 9. The number of pyridine rings is 1. The van der Waals surface area contributed by atoms with Crippen LogP contribution in [0.4, 0.5) is 22.7 Å². The second kappa shape index (κ2) is 20.4. The molecular weight excluding hydrogens is 1300 g/mol. The molecule has 0 atom stereocenters. The zero-order valence-corrected chi connectivity index (χ0v) is 57.4. The van der Waals surface area contributed by atoms with Crippen molar-refractivity contribution in [3.8, 4) is 39.6 Å². The predicted octanol–water partition coefficient (Wildman–Crippen LogP) is 16.3. The number of fused-ring (bicyclic) bond motifs is 7. The minimum atomic E-state index is -3.78. The van der Waals surface area contributed by atoms with E-state index in [1.54, 1.807) is 19.2 Å². The van der Waals surface area contributed by atoms with Gasteiger partial charge in [-0.25, -0.2) is 0 Å². The minimum absolute atomic E-state index is 0. The quantitative estimate of drug-likeness (QED) is 0.118. The second-order valence-corrected chi connectivity index (χ2v) is 40.6. The van der Waals surface area contributed by atoms with Gasteiger partial charge in [-0.2, -0.15) is 0 Å². The maximum atomic E-state index is 7.35. The molecule has 14 rings (SSSR count). The monoisotopic (exact) mass is 1380 g/mol. The largest absolute Gasteiger partial charge is 0.0561 e. The zero-order chi connectivity index (χ0) is 59.3. The van der Waals surface area contributed by atoms with E-state index in [1.165, 1.54) is 64.1 Å². The van der Waals surface area contributed by atoms with Gasteiger partial charge in [-0.05, 0) is 56.2 Å². The Morgan fingerprint density at radius 3 is 1.64 bits per heavy atom. The van der Waals surface area contributed by atoms with E-state index < -0.39 is 21.3 Å². The smallest absolute Gasteiger partial charge is 0 e. The van der Waals surface area contributed by atoms with Crippen molar-refractivity contribution < 1.29 is 25.8 Å². The maximum Gasteiger partial charge on any atom is 0 e. The van der Waals surface area contributed by atoms with Crippen LogP contribution >= 0.6 is 0 Å². The molecule has 0 bridgehead atoms. The van der Waals surface area contributed by atoms with Gasteiger partial charge < -0.3 is 0 Å². The molecule has 0 amide bonds. The van der Waals surface area contributed by atoms with Crippen molar-refractivity contribution in [2.24, 2.45) is 0 Å². The Labute approximate surface area is 527 Å². The number of anilines is 4. The number of aromatic nitrogens is 2. The molecule has 434 valence electrons. The molecule has 0 N–H and O–H groups in total. The van der Waals surface area contributed by atoms with Crippen molar-refractivity contribution in [3.05, 3.63) is 235 Å². The van der Waals surface area contributed by atoms with Crippen LogP contribution in [0.15, 0.2) is 194 Å². The van der Waals surface area contributed by atoms with E-state index in [9.17, 15) is 0 Å². The van der Waals surface area contributed by atoms with Gasteiger partial charge in [0.25, 0.3) is 0 Å². The summed E-state index contributed by atoms with van der Waals surface area (Å²) < 4.78 is 15.7. The zero-order valence-electron chi connectivity index (χ0n) is 52.1. The summed E-state index contributed by atoms with van der Waals surface area (Å²) in [5, 5.41) is 5.70. The van der Waals surface area contributed by atoms with E-state index in [0.29, 0.717) is 11.5 Å². The Morgan fingerprint density at radius 1 is 0.465 bits per heavy atom. The van der Waals surface area contributed by atoms with Crippen molar-refractivity contribution in [2.75, 3.05) is 9.80 Å². The van der Waals surface area contributed by atoms with Gasteiger partial charge in [-0.15, -0.1) is 0 Å². The molecule has 86 heavy (non-hydrogen) atoms. The van der Waals surface area contributed by atoms with Gasteiger partial charge in [0.2, 0.25) is 0 Å². The molecule has 2 aromatic heterocycles. The van der Waals surface area contributed by atoms with Crippen LogP contribution in [0.3, 0.4) is 0 Å². The van der Waals surface area contributed by atoms with Gasteiger partial charge in [-0.3, -0.25) is 0 Å². The summed E-state index contributed by atoms with van der Waals surface area (Å²) in [5.74, 6) is 2.17. The number of nitrogens with zero attached hydrogens (tertiary/aromatic N) is 4. The Kier molecular flexibility index (Phi) is 13.7. The first-order valence-corrected chi connectivity index (χ1v) is 37.5. The fourth-order valence-electron chi connectivity index (χ4n) is 14.0. The third kappa shape index (κ3) is 9.13. The van der Waals surface area contributed by atoms with Crippen LogP contribution in [-0.4, -0.2) is 30.9 Å². The number of rotatable bonds is 7. The number of ether oxygens (including phenoxy) is 1. The van der Waals surface area contributed by atoms with Crippen LogP contribution in [-0.2, 0) is 42.7 Å². The molecule has 0 aliphatic carbocycles. The van der Waals surface area contributed by atoms with Crippen LogP contribution in [0.2, 0.25) is 13.1 Å². The average molecular weight is 1380 g/mol. The SMILES string of the molecule is CC(C)(C)c1cc(-c2cc(C(C)(C)C)cc(-c3ccccc3)c2N2[CH-]N(c3[c-]c(Oc4[c-]c5c6[c](c4)[Ge]4([c]7ccccc7[Si](C)(C)c7cccc[c]74)[c]4cccc(c46)n5-c4cc(C(C)(C)C)ccn4)ccc3)c3ccccc32)cc(C(C)(C)C)c1.[Pt].